The van der Waals surface area contributed by atoms with Crippen LogP contribution in [0.15, 0.2) is 29.2 Å². The zero-order chi connectivity index (χ0) is 19.9. The van der Waals surface area contributed by atoms with Gasteiger partial charge in [0.25, 0.3) is 10.0 Å². The SMILES string of the molecule is Cc1cc(S(=O)(=O)Nc2cc3c(c(N4CCNCC4)c2)OCC3)c(C)cc1Cl. The van der Waals surface area contributed by atoms with Gasteiger partial charge in [0, 0.05) is 43.2 Å². The molecule has 2 heterocycles. The van der Waals surface area contributed by atoms with Crippen molar-refractivity contribution in [2.24, 2.45) is 0 Å². The van der Waals surface area contributed by atoms with Crippen LogP contribution in [0.5, 0.6) is 5.75 Å². The van der Waals surface area contributed by atoms with Gasteiger partial charge in [-0.15, -0.1) is 0 Å². The van der Waals surface area contributed by atoms with Gasteiger partial charge < -0.3 is 15.0 Å². The molecule has 0 atom stereocenters. The van der Waals surface area contributed by atoms with Gasteiger partial charge in [-0.25, -0.2) is 8.42 Å². The van der Waals surface area contributed by atoms with Crippen molar-refractivity contribution in [3.8, 4) is 5.75 Å². The molecule has 8 heteroatoms. The highest BCUT2D eigenvalue weighted by molar-refractivity contribution is 7.92. The molecule has 0 aliphatic carbocycles. The summed E-state index contributed by atoms with van der Waals surface area (Å²) < 4.78 is 34.7. The molecule has 0 aromatic heterocycles. The summed E-state index contributed by atoms with van der Waals surface area (Å²) in [5, 5.41) is 3.90. The topological polar surface area (TPSA) is 70.7 Å². The molecule has 1 fully saturated rings. The van der Waals surface area contributed by atoms with Crippen LogP contribution in [0.25, 0.3) is 0 Å². The second-order valence-corrected chi connectivity index (χ2v) is 9.35. The average molecular weight is 422 g/mol. The second kappa shape index (κ2) is 7.46. The van der Waals surface area contributed by atoms with Crippen LogP contribution < -0.4 is 19.7 Å². The monoisotopic (exact) mass is 421 g/mol. The molecule has 2 aromatic rings. The van der Waals surface area contributed by atoms with Gasteiger partial charge in [-0.3, -0.25) is 4.72 Å². The first-order chi connectivity index (χ1) is 13.3. The van der Waals surface area contributed by atoms with Gasteiger partial charge >= 0.3 is 0 Å². The zero-order valence-electron chi connectivity index (χ0n) is 16.0. The highest BCUT2D eigenvalue weighted by atomic mass is 35.5. The number of aryl methyl sites for hydroxylation is 2. The summed E-state index contributed by atoms with van der Waals surface area (Å²) in [4.78, 5) is 2.49. The van der Waals surface area contributed by atoms with Crippen molar-refractivity contribution in [1.82, 2.24) is 5.32 Å². The Morgan fingerprint density at radius 1 is 1.11 bits per heavy atom. The number of rotatable bonds is 4. The van der Waals surface area contributed by atoms with Gasteiger partial charge in [-0.2, -0.15) is 0 Å². The number of hydrogen-bond acceptors (Lipinski definition) is 5. The summed E-state index contributed by atoms with van der Waals surface area (Å²) in [6, 6.07) is 7.07. The van der Waals surface area contributed by atoms with E-state index in [-0.39, 0.29) is 4.90 Å². The third-order valence-corrected chi connectivity index (χ3v) is 7.15. The zero-order valence-corrected chi connectivity index (χ0v) is 17.6. The Balaban J connectivity index is 1.71. The lowest BCUT2D eigenvalue weighted by Crippen LogP contribution is -2.43. The molecule has 0 bridgehead atoms. The van der Waals surface area contributed by atoms with E-state index in [0.29, 0.717) is 22.9 Å². The standard InChI is InChI=1S/C20H24ClN3O3S/c1-13-10-19(14(2)9-17(13)21)28(25,26)23-16-11-15-3-8-27-20(15)18(12-16)24-6-4-22-5-7-24/h9-12,22-23H,3-8H2,1-2H3. The first-order valence-electron chi connectivity index (χ1n) is 9.40. The van der Waals surface area contributed by atoms with Gasteiger partial charge in [-0.05, 0) is 49.2 Å². The predicted molar refractivity (Wildman–Crippen MR) is 112 cm³/mol. The van der Waals surface area contributed by atoms with Gasteiger partial charge in [0.15, 0.2) is 0 Å². The molecule has 150 valence electrons. The number of nitrogens with one attached hydrogen (secondary N) is 2. The molecule has 2 aliphatic rings. The molecule has 1 saturated heterocycles. The fourth-order valence-electron chi connectivity index (χ4n) is 3.74. The molecule has 0 unspecified atom stereocenters. The van der Waals surface area contributed by atoms with Crippen molar-refractivity contribution in [1.29, 1.82) is 0 Å². The van der Waals surface area contributed by atoms with Gasteiger partial charge in [0.2, 0.25) is 0 Å². The maximum absolute atomic E-state index is 13.1. The molecule has 2 aromatic carbocycles. The first kappa shape index (κ1) is 19.4. The number of hydrogen-bond donors (Lipinski definition) is 2. The van der Waals surface area contributed by atoms with Crippen LogP contribution in [0, 0.1) is 13.8 Å². The molecule has 2 N–H and O–H groups in total. The van der Waals surface area contributed by atoms with Crippen LogP contribution in [-0.2, 0) is 16.4 Å². The van der Waals surface area contributed by atoms with Crippen molar-refractivity contribution in [3.63, 3.8) is 0 Å². The first-order valence-corrected chi connectivity index (χ1v) is 11.3. The van der Waals surface area contributed by atoms with Crippen LogP contribution in [0.1, 0.15) is 16.7 Å². The maximum Gasteiger partial charge on any atom is 0.262 e. The minimum Gasteiger partial charge on any atom is -0.491 e. The number of anilines is 2. The number of benzene rings is 2. The second-order valence-electron chi connectivity index (χ2n) is 7.29. The van der Waals surface area contributed by atoms with E-state index in [9.17, 15) is 8.42 Å². The Morgan fingerprint density at radius 2 is 1.86 bits per heavy atom. The van der Waals surface area contributed by atoms with Crippen molar-refractivity contribution in [3.05, 3.63) is 46.0 Å². The molecule has 0 spiro atoms. The molecule has 28 heavy (non-hydrogen) atoms. The average Bonchev–Trinajstić information content (AvgIpc) is 3.12. The Labute approximate surface area is 170 Å². The van der Waals surface area contributed by atoms with Crippen molar-refractivity contribution >= 4 is 33.0 Å². The van der Waals surface area contributed by atoms with Crippen molar-refractivity contribution in [2.75, 3.05) is 42.4 Å². The van der Waals surface area contributed by atoms with Crippen molar-refractivity contribution < 1.29 is 13.2 Å². The summed E-state index contributed by atoms with van der Waals surface area (Å²) in [6.45, 7) is 7.70. The third kappa shape index (κ3) is 3.66. The van der Waals surface area contributed by atoms with Crippen LogP contribution in [0.2, 0.25) is 5.02 Å². The summed E-state index contributed by atoms with van der Waals surface area (Å²) in [5.74, 6) is 0.878. The minimum atomic E-state index is -3.73. The smallest absolute Gasteiger partial charge is 0.262 e. The van der Waals surface area contributed by atoms with E-state index in [2.05, 4.69) is 14.9 Å². The number of nitrogens with zero attached hydrogens (tertiary/aromatic N) is 1. The highest BCUT2D eigenvalue weighted by Crippen LogP contribution is 2.40. The van der Waals surface area contributed by atoms with E-state index in [1.165, 1.54) is 0 Å². The number of ether oxygens (including phenoxy) is 1. The number of fused-ring (bicyclic) bond motifs is 1. The highest BCUT2D eigenvalue weighted by Gasteiger charge is 2.25. The lowest BCUT2D eigenvalue weighted by Gasteiger charge is -2.31. The fraction of sp³-hybridized carbons (Fsp3) is 0.400. The summed E-state index contributed by atoms with van der Waals surface area (Å²) in [7, 11) is -3.73. The van der Waals surface area contributed by atoms with E-state index >= 15 is 0 Å². The number of sulfonamides is 1. The lowest BCUT2D eigenvalue weighted by molar-refractivity contribution is 0.356. The lowest BCUT2D eigenvalue weighted by atomic mass is 10.1. The third-order valence-electron chi connectivity index (χ3n) is 5.22. The Kier molecular flexibility index (Phi) is 5.16. The normalized spacial score (nSPS) is 16.6. The quantitative estimate of drug-likeness (QED) is 0.793. The van der Waals surface area contributed by atoms with E-state index < -0.39 is 10.0 Å². The summed E-state index contributed by atoms with van der Waals surface area (Å²) >= 11 is 6.13. The molecule has 0 saturated carbocycles. The predicted octanol–water partition coefficient (Wildman–Crippen LogP) is 3.10. The summed E-state index contributed by atoms with van der Waals surface area (Å²) in [6.07, 6.45) is 0.781. The Bertz CT molecular complexity index is 1020. The number of halogens is 1. The number of piperazine rings is 1. The van der Waals surface area contributed by atoms with Crippen molar-refractivity contribution in [2.45, 2.75) is 25.2 Å². The maximum atomic E-state index is 13.1. The van der Waals surface area contributed by atoms with Gasteiger partial charge in [0.05, 0.1) is 22.9 Å². The fourth-order valence-corrected chi connectivity index (χ4v) is 5.31. The Morgan fingerprint density at radius 3 is 2.61 bits per heavy atom. The molecular weight excluding hydrogens is 398 g/mol. The van der Waals surface area contributed by atoms with E-state index in [0.717, 1.165) is 55.2 Å². The molecule has 4 rings (SSSR count). The Hall–Kier alpha value is -1.96. The molecule has 6 nitrogen and oxygen atoms in total. The molecule has 2 aliphatic heterocycles. The van der Waals surface area contributed by atoms with E-state index in [1.807, 2.05) is 12.1 Å². The largest absolute Gasteiger partial charge is 0.491 e. The van der Waals surface area contributed by atoms with E-state index in [1.54, 1.807) is 26.0 Å². The molecule has 0 amide bonds. The minimum absolute atomic E-state index is 0.245. The van der Waals surface area contributed by atoms with Crippen LogP contribution in [-0.4, -0.2) is 41.2 Å². The van der Waals surface area contributed by atoms with Crippen LogP contribution in [0.4, 0.5) is 11.4 Å². The van der Waals surface area contributed by atoms with Gasteiger partial charge in [-0.1, -0.05) is 11.6 Å². The van der Waals surface area contributed by atoms with E-state index in [4.69, 9.17) is 16.3 Å². The summed E-state index contributed by atoms with van der Waals surface area (Å²) in [5.41, 5.74) is 3.91. The molecule has 0 radical (unpaired) electrons. The van der Waals surface area contributed by atoms with Crippen LogP contribution in [0.3, 0.4) is 0 Å². The molecular formula is C20H24ClN3O3S. The van der Waals surface area contributed by atoms with Gasteiger partial charge in [0.1, 0.15) is 5.75 Å². The van der Waals surface area contributed by atoms with Crippen LogP contribution >= 0.6 is 11.6 Å².